The van der Waals surface area contributed by atoms with E-state index in [2.05, 4.69) is 20.6 Å². The van der Waals surface area contributed by atoms with Crippen LogP contribution < -0.4 is 10.1 Å². The largest absolute Gasteiger partial charge is 0.497 e. The molecule has 1 N–H and O–H groups in total. The van der Waals surface area contributed by atoms with Crippen LogP contribution in [0.3, 0.4) is 0 Å². The standard InChI is InChI=1S/C19H16ClN5O/c1-26-16-7-5-15(6-8-16)25-19-17(23-24-25)9-10-18(22-19)21-12-13-3-2-4-14(20)11-13/h2-11H,12H2,1H3,(H,21,22). The summed E-state index contributed by atoms with van der Waals surface area (Å²) in [6, 6.07) is 19.1. The molecular formula is C19H16ClN5O. The molecule has 0 unspecified atom stereocenters. The Morgan fingerprint density at radius 3 is 2.69 bits per heavy atom. The molecule has 130 valence electrons. The third-order valence-corrected chi connectivity index (χ3v) is 4.21. The van der Waals surface area contributed by atoms with Crippen LogP contribution in [0.15, 0.2) is 60.7 Å². The first kappa shape index (κ1) is 16.4. The first-order valence-electron chi connectivity index (χ1n) is 8.08. The summed E-state index contributed by atoms with van der Waals surface area (Å²) < 4.78 is 6.90. The smallest absolute Gasteiger partial charge is 0.185 e. The van der Waals surface area contributed by atoms with E-state index in [0.717, 1.165) is 33.4 Å². The number of anilines is 1. The van der Waals surface area contributed by atoms with Gasteiger partial charge in [0.1, 0.15) is 17.1 Å². The van der Waals surface area contributed by atoms with Gasteiger partial charge in [0.05, 0.1) is 12.8 Å². The summed E-state index contributed by atoms with van der Waals surface area (Å²) in [5.74, 6) is 1.53. The lowest BCUT2D eigenvalue weighted by molar-refractivity contribution is 0.414. The number of aromatic nitrogens is 4. The van der Waals surface area contributed by atoms with Gasteiger partial charge in [0.15, 0.2) is 5.65 Å². The SMILES string of the molecule is COc1ccc(-n2nnc3ccc(NCc4cccc(Cl)c4)nc32)cc1. The van der Waals surface area contributed by atoms with E-state index in [1.807, 2.05) is 60.7 Å². The minimum Gasteiger partial charge on any atom is -0.497 e. The van der Waals surface area contributed by atoms with Crippen LogP contribution in [-0.4, -0.2) is 27.1 Å². The molecule has 0 saturated carbocycles. The van der Waals surface area contributed by atoms with Crippen molar-refractivity contribution in [2.75, 3.05) is 12.4 Å². The summed E-state index contributed by atoms with van der Waals surface area (Å²) in [6.07, 6.45) is 0. The predicted octanol–water partition coefficient (Wildman–Crippen LogP) is 4.09. The molecule has 0 spiro atoms. The van der Waals surface area contributed by atoms with Gasteiger partial charge in [-0.25, -0.2) is 4.98 Å². The highest BCUT2D eigenvalue weighted by atomic mass is 35.5. The number of halogens is 1. The minimum atomic E-state index is 0.628. The molecule has 0 bridgehead atoms. The summed E-state index contributed by atoms with van der Waals surface area (Å²) in [5.41, 5.74) is 3.37. The van der Waals surface area contributed by atoms with Crippen molar-refractivity contribution in [1.82, 2.24) is 20.0 Å². The Bertz CT molecular complexity index is 1050. The zero-order valence-corrected chi connectivity index (χ0v) is 14.8. The van der Waals surface area contributed by atoms with E-state index in [1.54, 1.807) is 11.8 Å². The fourth-order valence-electron chi connectivity index (χ4n) is 2.65. The van der Waals surface area contributed by atoms with Crippen LogP contribution in [0.25, 0.3) is 16.9 Å². The normalized spacial score (nSPS) is 10.8. The van der Waals surface area contributed by atoms with Gasteiger partial charge in [0, 0.05) is 11.6 Å². The Kier molecular flexibility index (Phi) is 4.41. The first-order valence-corrected chi connectivity index (χ1v) is 8.46. The number of fused-ring (bicyclic) bond motifs is 1. The lowest BCUT2D eigenvalue weighted by Crippen LogP contribution is -2.03. The molecule has 0 aliphatic rings. The highest BCUT2D eigenvalue weighted by molar-refractivity contribution is 6.30. The maximum Gasteiger partial charge on any atom is 0.185 e. The second-order valence-electron chi connectivity index (χ2n) is 5.72. The molecule has 0 saturated heterocycles. The number of hydrogen-bond acceptors (Lipinski definition) is 5. The number of rotatable bonds is 5. The molecule has 4 rings (SSSR count). The summed E-state index contributed by atoms with van der Waals surface area (Å²) in [6.45, 7) is 0.628. The molecule has 0 aliphatic carbocycles. The average Bonchev–Trinajstić information content (AvgIpc) is 3.10. The lowest BCUT2D eigenvalue weighted by atomic mass is 10.2. The minimum absolute atomic E-state index is 0.628. The maximum atomic E-state index is 6.03. The third kappa shape index (κ3) is 3.32. The Labute approximate surface area is 155 Å². The Morgan fingerprint density at radius 2 is 1.92 bits per heavy atom. The predicted molar refractivity (Wildman–Crippen MR) is 102 cm³/mol. The average molecular weight is 366 g/mol. The fraction of sp³-hybridized carbons (Fsp3) is 0.105. The highest BCUT2D eigenvalue weighted by Crippen LogP contribution is 2.20. The molecule has 0 aliphatic heterocycles. The lowest BCUT2D eigenvalue weighted by Gasteiger charge is -2.07. The van der Waals surface area contributed by atoms with E-state index in [4.69, 9.17) is 16.3 Å². The zero-order chi connectivity index (χ0) is 17.9. The number of hydrogen-bond donors (Lipinski definition) is 1. The maximum absolute atomic E-state index is 6.03. The van der Waals surface area contributed by atoms with Crippen LogP contribution >= 0.6 is 11.6 Å². The van der Waals surface area contributed by atoms with Gasteiger partial charge in [-0.1, -0.05) is 28.9 Å². The van der Waals surface area contributed by atoms with Crippen LogP contribution in [0.5, 0.6) is 5.75 Å². The van der Waals surface area contributed by atoms with E-state index < -0.39 is 0 Å². The van der Waals surface area contributed by atoms with Gasteiger partial charge in [-0.05, 0) is 54.1 Å². The summed E-state index contributed by atoms with van der Waals surface area (Å²) in [4.78, 5) is 4.65. The van der Waals surface area contributed by atoms with Gasteiger partial charge in [-0.2, -0.15) is 4.68 Å². The van der Waals surface area contributed by atoms with Crippen molar-refractivity contribution >= 4 is 28.6 Å². The molecule has 0 radical (unpaired) electrons. The molecular weight excluding hydrogens is 350 g/mol. The van der Waals surface area contributed by atoms with Crippen LogP contribution in [0.4, 0.5) is 5.82 Å². The van der Waals surface area contributed by atoms with Crippen LogP contribution in [0.2, 0.25) is 5.02 Å². The highest BCUT2D eigenvalue weighted by Gasteiger charge is 2.09. The van der Waals surface area contributed by atoms with Crippen LogP contribution in [-0.2, 0) is 6.54 Å². The van der Waals surface area contributed by atoms with Gasteiger partial charge < -0.3 is 10.1 Å². The molecule has 2 aromatic heterocycles. The Balaban J connectivity index is 1.61. The van der Waals surface area contributed by atoms with Crippen LogP contribution in [0, 0.1) is 0 Å². The van der Waals surface area contributed by atoms with Gasteiger partial charge in [0.2, 0.25) is 0 Å². The number of pyridine rings is 1. The molecule has 4 aromatic rings. The second kappa shape index (κ2) is 7.01. The van der Waals surface area contributed by atoms with Gasteiger partial charge in [-0.3, -0.25) is 0 Å². The molecule has 6 nitrogen and oxygen atoms in total. The van der Waals surface area contributed by atoms with E-state index in [9.17, 15) is 0 Å². The molecule has 2 aromatic carbocycles. The van der Waals surface area contributed by atoms with E-state index >= 15 is 0 Å². The van der Waals surface area contributed by atoms with E-state index in [0.29, 0.717) is 12.2 Å². The van der Waals surface area contributed by atoms with Gasteiger partial charge in [-0.15, -0.1) is 5.10 Å². The number of nitrogens with zero attached hydrogens (tertiary/aromatic N) is 4. The molecule has 0 amide bonds. The van der Waals surface area contributed by atoms with Gasteiger partial charge in [0.25, 0.3) is 0 Å². The molecule has 0 fully saturated rings. The summed E-state index contributed by atoms with van der Waals surface area (Å²) in [7, 11) is 1.64. The van der Waals surface area contributed by atoms with Crippen molar-refractivity contribution in [3.05, 3.63) is 71.2 Å². The quantitative estimate of drug-likeness (QED) is 0.577. The monoisotopic (exact) mass is 365 g/mol. The topological polar surface area (TPSA) is 64.9 Å². The van der Waals surface area contributed by atoms with Crippen molar-refractivity contribution < 1.29 is 4.74 Å². The molecule has 26 heavy (non-hydrogen) atoms. The summed E-state index contributed by atoms with van der Waals surface area (Å²) >= 11 is 6.03. The third-order valence-electron chi connectivity index (χ3n) is 3.98. The van der Waals surface area contributed by atoms with Crippen LogP contribution in [0.1, 0.15) is 5.56 Å². The number of nitrogens with one attached hydrogen (secondary N) is 1. The molecule has 2 heterocycles. The molecule has 7 heteroatoms. The Hall–Kier alpha value is -3.12. The zero-order valence-electron chi connectivity index (χ0n) is 14.1. The van der Waals surface area contributed by atoms with Crippen molar-refractivity contribution in [3.63, 3.8) is 0 Å². The van der Waals surface area contributed by atoms with E-state index in [1.165, 1.54) is 0 Å². The van der Waals surface area contributed by atoms with Crippen molar-refractivity contribution in [3.8, 4) is 11.4 Å². The first-order chi connectivity index (χ1) is 12.7. The van der Waals surface area contributed by atoms with Gasteiger partial charge >= 0.3 is 0 Å². The second-order valence-corrected chi connectivity index (χ2v) is 6.16. The van der Waals surface area contributed by atoms with Crippen molar-refractivity contribution in [2.45, 2.75) is 6.54 Å². The summed E-state index contributed by atoms with van der Waals surface area (Å²) in [5, 5.41) is 12.4. The van der Waals surface area contributed by atoms with Crippen molar-refractivity contribution in [2.24, 2.45) is 0 Å². The number of benzene rings is 2. The van der Waals surface area contributed by atoms with Crippen molar-refractivity contribution in [1.29, 1.82) is 0 Å². The van der Waals surface area contributed by atoms with E-state index in [-0.39, 0.29) is 0 Å². The number of methoxy groups -OCH3 is 1. The Morgan fingerprint density at radius 1 is 1.08 bits per heavy atom. The fourth-order valence-corrected chi connectivity index (χ4v) is 2.86. The molecule has 0 atom stereocenters. The number of ether oxygens (including phenoxy) is 1.